The molecule has 4 rings (SSSR count). The van der Waals surface area contributed by atoms with Crippen LogP contribution in [0.15, 0.2) is 59.1 Å². The van der Waals surface area contributed by atoms with E-state index in [4.69, 9.17) is 20.8 Å². The van der Waals surface area contributed by atoms with Crippen LogP contribution in [0.1, 0.15) is 35.7 Å². The Morgan fingerprint density at radius 3 is 2.73 bits per heavy atom. The van der Waals surface area contributed by atoms with E-state index >= 15 is 0 Å². The molecule has 2 aromatic carbocycles. The van der Waals surface area contributed by atoms with Crippen molar-refractivity contribution in [3.8, 4) is 17.2 Å². The number of rotatable bonds is 5. The topological polar surface area (TPSA) is 77.3 Å². The van der Waals surface area contributed by atoms with Crippen LogP contribution in [-0.2, 0) is 0 Å². The van der Waals surface area contributed by atoms with E-state index in [1.54, 1.807) is 24.3 Å². The van der Waals surface area contributed by atoms with Crippen LogP contribution in [0.25, 0.3) is 22.6 Å². The van der Waals surface area contributed by atoms with E-state index in [1.807, 2.05) is 24.3 Å². The molecule has 6 nitrogen and oxygen atoms in total. The molecule has 0 atom stereocenters. The summed E-state index contributed by atoms with van der Waals surface area (Å²) in [5.74, 6) is 0.980. The standard InChI is InChI=1S/C23H20ClN3O3/c1-13(2)14-6-9-20-18(11-14)27-23(30-20)15-7-8-19(29-3)17(12-15)26-22(28)16-5-4-10-25-21(16)24/h4-13H,1-3H3,(H,26,28). The van der Waals surface area contributed by atoms with Gasteiger partial charge in [-0.3, -0.25) is 4.79 Å². The third-order valence-corrected chi connectivity index (χ3v) is 5.08. The molecule has 0 aliphatic carbocycles. The number of anilines is 1. The van der Waals surface area contributed by atoms with Crippen molar-refractivity contribution < 1.29 is 13.9 Å². The zero-order chi connectivity index (χ0) is 21.3. The number of oxazole rings is 1. The van der Waals surface area contributed by atoms with E-state index in [9.17, 15) is 4.79 Å². The third kappa shape index (κ3) is 3.86. The maximum Gasteiger partial charge on any atom is 0.258 e. The molecule has 0 spiro atoms. The lowest BCUT2D eigenvalue weighted by Gasteiger charge is -2.11. The highest BCUT2D eigenvalue weighted by atomic mass is 35.5. The van der Waals surface area contributed by atoms with Gasteiger partial charge in [-0.1, -0.05) is 31.5 Å². The summed E-state index contributed by atoms with van der Waals surface area (Å²) in [5.41, 5.74) is 4.15. The molecule has 4 aromatic rings. The Morgan fingerprint density at radius 2 is 2.00 bits per heavy atom. The molecule has 0 saturated heterocycles. The number of carbonyl (C=O) groups excluding carboxylic acids is 1. The van der Waals surface area contributed by atoms with E-state index in [0.717, 1.165) is 5.52 Å². The fourth-order valence-electron chi connectivity index (χ4n) is 3.11. The number of aromatic nitrogens is 2. The zero-order valence-corrected chi connectivity index (χ0v) is 17.5. The molecule has 0 fully saturated rings. The largest absolute Gasteiger partial charge is 0.495 e. The maximum atomic E-state index is 12.7. The molecule has 0 bridgehead atoms. The second-order valence-electron chi connectivity index (χ2n) is 7.11. The first kappa shape index (κ1) is 19.9. The van der Waals surface area contributed by atoms with E-state index in [2.05, 4.69) is 29.1 Å². The number of hydrogen-bond acceptors (Lipinski definition) is 5. The molecule has 152 valence electrons. The number of carbonyl (C=O) groups is 1. The average molecular weight is 422 g/mol. The highest BCUT2D eigenvalue weighted by Crippen LogP contribution is 2.33. The molecule has 0 unspecified atom stereocenters. The van der Waals surface area contributed by atoms with Gasteiger partial charge in [0.15, 0.2) is 5.58 Å². The lowest BCUT2D eigenvalue weighted by molar-refractivity contribution is 0.102. The molecular formula is C23H20ClN3O3. The SMILES string of the molecule is COc1ccc(-c2nc3cc(C(C)C)ccc3o2)cc1NC(=O)c1cccnc1Cl. The molecular weight excluding hydrogens is 402 g/mol. The van der Waals surface area contributed by atoms with Gasteiger partial charge in [0.25, 0.3) is 5.91 Å². The van der Waals surface area contributed by atoms with Crippen molar-refractivity contribution in [2.75, 3.05) is 12.4 Å². The maximum absolute atomic E-state index is 12.7. The number of ether oxygens (including phenoxy) is 1. The minimum absolute atomic E-state index is 0.130. The van der Waals surface area contributed by atoms with Crippen LogP contribution in [0.3, 0.4) is 0 Å². The van der Waals surface area contributed by atoms with Crippen molar-refractivity contribution in [2.24, 2.45) is 0 Å². The smallest absolute Gasteiger partial charge is 0.258 e. The van der Waals surface area contributed by atoms with Crippen molar-refractivity contribution in [2.45, 2.75) is 19.8 Å². The number of pyridine rings is 1. The van der Waals surface area contributed by atoms with E-state index < -0.39 is 0 Å². The Bertz CT molecular complexity index is 1230. The predicted molar refractivity (Wildman–Crippen MR) is 117 cm³/mol. The van der Waals surface area contributed by atoms with Gasteiger partial charge in [0.2, 0.25) is 5.89 Å². The van der Waals surface area contributed by atoms with Crippen LogP contribution in [0.4, 0.5) is 5.69 Å². The lowest BCUT2D eigenvalue weighted by atomic mass is 10.0. The predicted octanol–water partition coefficient (Wildman–Crippen LogP) is 5.93. The lowest BCUT2D eigenvalue weighted by Crippen LogP contribution is -2.13. The van der Waals surface area contributed by atoms with Gasteiger partial charge in [0.1, 0.15) is 16.4 Å². The summed E-state index contributed by atoms with van der Waals surface area (Å²) in [6, 6.07) is 14.6. The van der Waals surface area contributed by atoms with Crippen molar-refractivity contribution in [3.63, 3.8) is 0 Å². The molecule has 0 aliphatic rings. The van der Waals surface area contributed by atoms with Crippen molar-refractivity contribution in [3.05, 3.63) is 71.0 Å². The minimum Gasteiger partial charge on any atom is -0.495 e. The Morgan fingerprint density at radius 1 is 1.17 bits per heavy atom. The summed E-state index contributed by atoms with van der Waals surface area (Å²) in [4.78, 5) is 21.2. The molecule has 0 radical (unpaired) electrons. The number of nitrogens with one attached hydrogen (secondary N) is 1. The van der Waals surface area contributed by atoms with Crippen LogP contribution in [-0.4, -0.2) is 23.0 Å². The summed E-state index contributed by atoms with van der Waals surface area (Å²) >= 11 is 6.04. The van der Waals surface area contributed by atoms with Gasteiger partial charge in [-0.05, 0) is 53.9 Å². The Labute approximate surface area is 178 Å². The summed E-state index contributed by atoms with van der Waals surface area (Å²) < 4.78 is 11.3. The second-order valence-corrected chi connectivity index (χ2v) is 7.47. The second kappa shape index (κ2) is 8.16. The first-order chi connectivity index (χ1) is 14.5. The van der Waals surface area contributed by atoms with E-state index in [-0.39, 0.29) is 16.6 Å². The van der Waals surface area contributed by atoms with E-state index in [0.29, 0.717) is 34.4 Å². The molecule has 0 saturated carbocycles. The molecule has 1 N–H and O–H groups in total. The Kier molecular flexibility index (Phi) is 5.42. The fourth-order valence-corrected chi connectivity index (χ4v) is 3.32. The number of benzene rings is 2. The first-order valence-corrected chi connectivity index (χ1v) is 9.85. The molecule has 2 heterocycles. The normalized spacial score (nSPS) is 11.1. The highest BCUT2D eigenvalue weighted by Gasteiger charge is 2.16. The number of halogens is 1. The molecule has 7 heteroatoms. The van der Waals surface area contributed by atoms with Crippen LogP contribution in [0.5, 0.6) is 5.75 Å². The fraction of sp³-hybridized carbons (Fsp3) is 0.174. The average Bonchev–Trinajstić information content (AvgIpc) is 3.17. The van der Waals surface area contributed by atoms with Crippen molar-refractivity contribution in [1.29, 1.82) is 0 Å². The van der Waals surface area contributed by atoms with Gasteiger partial charge in [0, 0.05) is 11.8 Å². The zero-order valence-electron chi connectivity index (χ0n) is 16.8. The van der Waals surface area contributed by atoms with Gasteiger partial charge in [0.05, 0.1) is 18.4 Å². The number of fused-ring (bicyclic) bond motifs is 1. The summed E-state index contributed by atoms with van der Waals surface area (Å²) in [7, 11) is 1.54. The Hall–Kier alpha value is -3.38. The van der Waals surface area contributed by atoms with Gasteiger partial charge < -0.3 is 14.5 Å². The highest BCUT2D eigenvalue weighted by molar-refractivity contribution is 6.33. The first-order valence-electron chi connectivity index (χ1n) is 9.47. The number of amides is 1. The van der Waals surface area contributed by atoms with Crippen LogP contribution in [0.2, 0.25) is 5.15 Å². The molecule has 2 aromatic heterocycles. The number of nitrogens with zero attached hydrogens (tertiary/aromatic N) is 2. The summed E-state index contributed by atoms with van der Waals surface area (Å²) in [6.45, 7) is 4.27. The van der Waals surface area contributed by atoms with Gasteiger partial charge in [-0.15, -0.1) is 0 Å². The minimum atomic E-state index is -0.386. The number of hydrogen-bond donors (Lipinski definition) is 1. The molecule has 30 heavy (non-hydrogen) atoms. The third-order valence-electron chi connectivity index (χ3n) is 4.78. The molecule has 0 aliphatic heterocycles. The summed E-state index contributed by atoms with van der Waals surface area (Å²) in [6.07, 6.45) is 1.53. The van der Waals surface area contributed by atoms with Crippen LogP contribution >= 0.6 is 11.6 Å². The quantitative estimate of drug-likeness (QED) is 0.404. The summed E-state index contributed by atoms with van der Waals surface area (Å²) in [5, 5.41) is 2.96. The van der Waals surface area contributed by atoms with Crippen molar-refractivity contribution in [1.82, 2.24) is 9.97 Å². The monoisotopic (exact) mass is 421 g/mol. The van der Waals surface area contributed by atoms with Crippen LogP contribution < -0.4 is 10.1 Å². The van der Waals surface area contributed by atoms with Gasteiger partial charge in [-0.25, -0.2) is 9.97 Å². The Balaban J connectivity index is 1.70. The molecule has 1 amide bonds. The number of methoxy groups -OCH3 is 1. The van der Waals surface area contributed by atoms with Crippen LogP contribution in [0, 0.1) is 0 Å². The van der Waals surface area contributed by atoms with Gasteiger partial charge >= 0.3 is 0 Å². The van der Waals surface area contributed by atoms with Crippen molar-refractivity contribution >= 4 is 34.3 Å². The van der Waals surface area contributed by atoms with Gasteiger partial charge in [-0.2, -0.15) is 0 Å². The van der Waals surface area contributed by atoms with E-state index in [1.165, 1.54) is 18.9 Å².